The quantitative estimate of drug-likeness (QED) is 0.768. The normalized spacial score (nSPS) is 9.89. The highest BCUT2D eigenvalue weighted by Gasteiger charge is 2.05. The number of benzene rings is 2. The van der Waals surface area contributed by atoms with Crippen LogP contribution in [0.3, 0.4) is 0 Å². The van der Waals surface area contributed by atoms with Crippen LogP contribution in [0.25, 0.3) is 0 Å². The number of nitrogens with one attached hydrogen (secondary N) is 1. The molecule has 0 spiro atoms. The van der Waals surface area contributed by atoms with E-state index in [9.17, 15) is 0 Å². The van der Waals surface area contributed by atoms with Gasteiger partial charge in [-0.15, -0.1) is 0 Å². The fraction of sp³-hybridized carbons (Fsp3) is 0.0714. The van der Waals surface area contributed by atoms with E-state index in [2.05, 4.69) is 34.0 Å². The van der Waals surface area contributed by atoms with Crippen LogP contribution < -0.4 is 5.32 Å². The lowest BCUT2D eigenvalue weighted by atomic mass is 10.1. The number of nitrogens with zero attached hydrogens (tertiary/aromatic N) is 1. The summed E-state index contributed by atoms with van der Waals surface area (Å²) >= 11 is 8.37. The summed E-state index contributed by atoms with van der Waals surface area (Å²) in [5, 5.41) is 12.9. The molecule has 0 aliphatic rings. The van der Waals surface area contributed by atoms with Gasteiger partial charge >= 0.3 is 0 Å². The molecule has 0 heterocycles. The van der Waals surface area contributed by atoms with E-state index in [0.29, 0.717) is 10.6 Å². The maximum Gasteiger partial charge on any atom is 0.101 e. The Morgan fingerprint density at radius 3 is 2.61 bits per heavy atom. The van der Waals surface area contributed by atoms with Crippen LogP contribution in [0.15, 0.2) is 36.4 Å². The predicted octanol–water partition coefficient (Wildman–Crippen LogP) is 4.87. The Balaban J connectivity index is 2.40. The molecule has 0 aliphatic carbocycles. The molecule has 90 valence electrons. The van der Waals surface area contributed by atoms with Gasteiger partial charge in [0.05, 0.1) is 22.0 Å². The van der Waals surface area contributed by atoms with Crippen molar-refractivity contribution in [2.45, 2.75) is 6.92 Å². The molecule has 0 unspecified atom stereocenters. The lowest BCUT2D eigenvalue weighted by molar-refractivity contribution is 1.41. The number of aryl methyl sites for hydroxylation is 1. The molecular weight excluding hydrogens is 359 g/mol. The fourth-order valence-corrected chi connectivity index (χ4v) is 2.50. The summed E-state index contributed by atoms with van der Waals surface area (Å²) < 4.78 is 1.08. The summed E-state index contributed by atoms with van der Waals surface area (Å²) in [6.07, 6.45) is 0. The Bertz CT molecular complexity index is 632. The number of anilines is 2. The van der Waals surface area contributed by atoms with Gasteiger partial charge in [-0.3, -0.25) is 0 Å². The lowest BCUT2D eigenvalue weighted by Gasteiger charge is -2.11. The second-order valence-corrected chi connectivity index (χ2v) is 5.56. The average Bonchev–Trinajstić information content (AvgIpc) is 2.33. The summed E-state index contributed by atoms with van der Waals surface area (Å²) in [7, 11) is 0. The van der Waals surface area contributed by atoms with Crippen molar-refractivity contribution in [3.8, 4) is 6.07 Å². The monoisotopic (exact) mass is 368 g/mol. The molecule has 1 N–H and O–H groups in total. The van der Waals surface area contributed by atoms with Crippen molar-refractivity contribution in [2.24, 2.45) is 0 Å². The minimum Gasteiger partial charge on any atom is -0.353 e. The van der Waals surface area contributed by atoms with E-state index in [1.165, 1.54) is 0 Å². The van der Waals surface area contributed by atoms with E-state index in [-0.39, 0.29) is 0 Å². The van der Waals surface area contributed by atoms with Crippen LogP contribution in [0, 0.1) is 21.8 Å². The van der Waals surface area contributed by atoms with Gasteiger partial charge in [-0.2, -0.15) is 5.26 Å². The summed E-state index contributed by atoms with van der Waals surface area (Å²) in [5.41, 5.74) is 3.29. The van der Waals surface area contributed by atoms with Crippen molar-refractivity contribution < 1.29 is 0 Å². The minimum atomic E-state index is 0.607. The summed E-state index contributed by atoms with van der Waals surface area (Å²) in [6.45, 7) is 1.99. The first-order chi connectivity index (χ1) is 8.60. The first-order valence-electron chi connectivity index (χ1n) is 5.33. The molecule has 18 heavy (non-hydrogen) atoms. The standard InChI is InChI=1S/C14H10ClIN2/c1-9-2-3-10(8-17)14(6-9)18-13-5-4-11(16)7-12(13)15/h2-7,18H,1H3. The van der Waals surface area contributed by atoms with Gasteiger partial charge in [-0.1, -0.05) is 17.7 Å². The number of nitriles is 1. The van der Waals surface area contributed by atoms with E-state index in [1.807, 2.05) is 37.3 Å². The molecule has 4 heteroatoms. The third-order valence-corrected chi connectivity index (χ3v) is 3.48. The Morgan fingerprint density at radius 1 is 1.17 bits per heavy atom. The molecule has 2 aromatic carbocycles. The molecule has 2 rings (SSSR count). The van der Waals surface area contributed by atoms with E-state index in [1.54, 1.807) is 6.07 Å². The lowest BCUT2D eigenvalue weighted by Crippen LogP contribution is -1.95. The topological polar surface area (TPSA) is 35.8 Å². The first kappa shape index (κ1) is 13.2. The van der Waals surface area contributed by atoms with Crippen LogP contribution in [-0.4, -0.2) is 0 Å². The fourth-order valence-electron chi connectivity index (χ4n) is 1.59. The van der Waals surface area contributed by atoms with Crippen molar-refractivity contribution >= 4 is 45.6 Å². The van der Waals surface area contributed by atoms with E-state index in [0.717, 1.165) is 20.5 Å². The smallest absolute Gasteiger partial charge is 0.101 e. The maximum atomic E-state index is 9.08. The zero-order valence-corrected chi connectivity index (χ0v) is 12.6. The molecule has 0 saturated heterocycles. The van der Waals surface area contributed by atoms with Gasteiger partial charge in [0.1, 0.15) is 6.07 Å². The highest BCUT2D eigenvalue weighted by Crippen LogP contribution is 2.28. The Hall–Kier alpha value is -1.25. The molecule has 0 bridgehead atoms. The van der Waals surface area contributed by atoms with Crippen LogP contribution in [0.4, 0.5) is 11.4 Å². The second-order valence-electron chi connectivity index (χ2n) is 3.91. The molecule has 0 aromatic heterocycles. The van der Waals surface area contributed by atoms with E-state index >= 15 is 0 Å². The Kier molecular flexibility index (Phi) is 4.10. The van der Waals surface area contributed by atoms with E-state index in [4.69, 9.17) is 16.9 Å². The van der Waals surface area contributed by atoms with Crippen molar-refractivity contribution in [3.05, 3.63) is 56.1 Å². The molecule has 0 amide bonds. The number of hydrogen-bond acceptors (Lipinski definition) is 2. The molecule has 0 fully saturated rings. The van der Waals surface area contributed by atoms with Crippen LogP contribution in [0.2, 0.25) is 5.02 Å². The van der Waals surface area contributed by atoms with Crippen LogP contribution in [0.5, 0.6) is 0 Å². The summed E-state index contributed by atoms with van der Waals surface area (Å²) in [5.74, 6) is 0. The van der Waals surface area contributed by atoms with Crippen molar-refractivity contribution in [2.75, 3.05) is 5.32 Å². The van der Waals surface area contributed by atoms with Gasteiger partial charge in [0.25, 0.3) is 0 Å². The van der Waals surface area contributed by atoms with Gasteiger partial charge in [0, 0.05) is 3.57 Å². The van der Waals surface area contributed by atoms with Crippen LogP contribution in [0.1, 0.15) is 11.1 Å². The molecule has 2 nitrogen and oxygen atoms in total. The van der Waals surface area contributed by atoms with Gasteiger partial charge < -0.3 is 5.32 Å². The molecule has 0 saturated carbocycles. The highest BCUT2D eigenvalue weighted by atomic mass is 127. The highest BCUT2D eigenvalue weighted by molar-refractivity contribution is 14.1. The number of halogens is 2. The van der Waals surface area contributed by atoms with Gasteiger partial charge in [-0.05, 0) is 65.4 Å². The molecular formula is C14H10ClIN2. The van der Waals surface area contributed by atoms with Gasteiger partial charge in [0.2, 0.25) is 0 Å². The largest absolute Gasteiger partial charge is 0.353 e. The van der Waals surface area contributed by atoms with Crippen LogP contribution in [-0.2, 0) is 0 Å². The number of hydrogen-bond donors (Lipinski definition) is 1. The van der Waals surface area contributed by atoms with Crippen LogP contribution >= 0.6 is 34.2 Å². The summed E-state index contributed by atoms with van der Waals surface area (Å²) in [6, 6.07) is 13.6. The minimum absolute atomic E-state index is 0.607. The SMILES string of the molecule is Cc1ccc(C#N)c(Nc2ccc(I)cc2Cl)c1. The van der Waals surface area contributed by atoms with E-state index < -0.39 is 0 Å². The van der Waals surface area contributed by atoms with Gasteiger partial charge in [-0.25, -0.2) is 0 Å². The van der Waals surface area contributed by atoms with Gasteiger partial charge in [0.15, 0.2) is 0 Å². The average molecular weight is 369 g/mol. The molecule has 0 atom stereocenters. The zero-order valence-electron chi connectivity index (χ0n) is 9.67. The van der Waals surface area contributed by atoms with Crippen molar-refractivity contribution in [3.63, 3.8) is 0 Å². The van der Waals surface area contributed by atoms with Crippen molar-refractivity contribution in [1.82, 2.24) is 0 Å². The zero-order chi connectivity index (χ0) is 13.1. The third kappa shape index (κ3) is 2.95. The molecule has 2 aromatic rings. The Labute approximate surface area is 125 Å². The molecule has 0 radical (unpaired) electrons. The second kappa shape index (κ2) is 5.59. The number of rotatable bonds is 2. The maximum absolute atomic E-state index is 9.08. The summed E-state index contributed by atoms with van der Waals surface area (Å²) in [4.78, 5) is 0. The Morgan fingerprint density at radius 2 is 1.94 bits per heavy atom. The molecule has 0 aliphatic heterocycles. The van der Waals surface area contributed by atoms with Crippen molar-refractivity contribution in [1.29, 1.82) is 5.26 Å². The third-order valence-electron chi connectivity index (χ3n) is 2.50. The predicted molar refractivity (Wildman–Crippen MR) is 83.3 cm³/mol. The first-order valence-corrected chi connectivity index (χ1v) is 6.78.